The number of anilines is 2. The monoisotopic (exact) mass is 260 g/mol. The molecule has 0 radical (unpaired) electrons. The van der Waals surface area contributed by atoms with Crippen LogP contribution < -0.4 is 15.8 Å². The molecule has 2 aromatic rings. The molecule has 4 heteroatoms. The molecule has 0 aromatic heterocycles. The summed E-state index contributed by atoms with van der Waals surface area (Å²) < 4.78 is 5.76. The van der Waals surface area contributed by atoms with Crippen LogP contribution >= 0.6 is 11.6 Å². The highest BCUT2D eigenvalue weighted by atomic mass is 35.5. The summed E-state index contributed by atoms with van der Waals surface area (Å²) in [5.41, 5.74) is 8.74. The van der Waals surface area contributed by atoms with Gasteiger partial charge in [0.2, 0.25) is 0 Å². The van der Waals surface area contributed by atoms with Crippen LogP contribution in [0.3, 0.4) is 0 Å². The molecule has 18 heavy (non-hydrogen) atoms. The highest BCUT2D eigenvalue weighted by molar-refractivity contribution is 6.32. The number of nitrogens with one attached hydrogen (secondary N) is 1. The number of hydrogen-bond donors (Lipinski definition) is 2. The van der Waals surface area contributed by atoms with E-state index in [-0.39, 0.29) is 0 Å². The quantitative estimate of drug-likeness (QED) is 0.810. The number of rotatable bonds is 2. The van der Waals surface area contributed by atoms with E-state index in [0.717, 1.165) is 24.4 Å². The number of nitrogen functional groups attached to an aromatic ring is 1. The molecule has 0 spiro atoms. The van der Waals surface area contributed by atoms with Gasteiger partial charge >= 0.3 is 0 Å². The van der Waals surface area contributed by atoms with Crippen LogP contribution in [0.15, 0.2) is 36.4 Å². The van der Waals surface area contributed by atoms with E-state index >= 15 is 0 Å². The van der Waals surface area contributed by atoms with Gasteiger partial charge in [0.05, 0.1) is 5.02 Å². The fourth-order valence-corrected chi connectivity index (χ4v) is 2.29. The average molecular weight is 261 g/mol. The lowest BCUT2D eigenvalue weighted by molar-refractivity contribution is 0.483. The molecule has 1 aliphatic rings. The molecule has 3 rings (SSSR count). The van der Waals surface area contributed by atoms with Gasteiger partial charge in [-0.15, -0.1) is 0 Å². The molecule has 0 saturated carbocycles. The van der Waals surface area contributed by atoms with Gasteiger partial charge in [0.25, 0.3) is 0 Å². The summed E-state index contributed by atoms with van der Waals surface area (Å²) in [4.78, 5) is 0. The molecule has 1 heterocycles. The normalized spacial score (nSPS) is 12.9. The lowest BCUT2D eigenvalue weighted by Gasteiger charge is -2.09. The zero-order chi connectivity index (χ0) is 12.5. The topological polar surface area (TPSA) is 47.3 Å². The second-order valence-electron chi connectivity index (χ2n) is 4.29. The van der Waals surface area contributed by atoms with Gasteiger partial charge in [-0.25, -0.2) is 0 Å². The maximum Gasteiger partial charge on any atom is 0.146 e. The Morgan fingerprint density at radius 1 is 1.17 bits per heavy atom. The molecule has 0 bridgehead atoms. The Morgan fingerprint density at radius 3 is 2.89 bits per heavy atom. The van der Waals surface area contributed by atoms with Gasteiger partial charge < -0.3 is 15.8 Å². The predicted molar refractivity (Wildman–Crippen MR) is 74.6 cm³/mol. The van der Waals surface area contributed by atoms with E-state index in [9.17, 15) is 0 Å². The summed E-state index contributed by atoms with van der Waals surface area (Å²) in [6.07, 6.45) is 1.07. The first-order valence-corrected chi connectivity index (χ1v) is 6.20. The lowest BCUT2D eigenvalue weighted by Crippen LogP contribution is -1.92. The van der Waals surface area contributed by atoms with Crippen molar-refractivity contribution in [2.45, 2.75) is 6.42 Å². The molecular formula is C14H13ClN2O. The van der Waals surface area contributed by atoms with E-state index in [1.165, 1.54) is 5.56 Å². The molecule has 0 unspecified atom stereocenters. The molecule has 2 aromatic carbocycles. The Bertz CT molecular complexity index is 598. The van der Waals surface area contributed by atoms with Crippen LogP contribution in [-0.2, 0) is 6.42 Å². The standard InChI is InChI=1S/C14H13ClN2O/c15-12-7-10(16)2-4-14(12)18-11-3-1-9-5-6-17-13(9)8-11/h1-4,7-8,17H,5-6,16H2. The first-order valence-electron chi connectivity index (χ1n) is 5.82. The third-order valence-electron chi connectivity index (χ3n) is 2.97. The lowest BCUT2D eigenvalue weighted by atomic mass is 10.1. The summed E-state index contributed by atoms with van der Waals surface area (Å²) in [5, 5.41) is 3.83. The third-order valence-corrected chi connectivity index (χ3v) is 3.27. The van der Waals surface area contributed by atoms with Crippen LogP contribution in [0.25, 0.3) is 0 Å². The van der Waals surface area contributed by atoms with Crippen LogP contribution in [0, 0.1) is 0 Å². The molecule has 92 valence electrons. The van der Waals surface area contributed by atoms with Crippen molar-refractivity contribution in [1.82, 2.24) is 0 Å². The fourth-order valence-electron chi connectivity index (χ4n) is 2.06. The first kappa shape index (κ1) is 11.2. The van der Waals surface area contributed by atoms with Gasteiger partial charge in [0, 0.05) is 24.0 Å². The van der Waals surface area contributed by atoms with E-state index in [1.54, 1.807) is 18.2 Å². The highest BCUT2D eigenvalue weighted by Crippen LogP contribution is 2.33. The summed E-state index contributed by atoms with van der Waals surface area (Å²) >= 11 is 6.08. The second-order valence-corrected chi connectivity index (χ2v) is 4.69. The highest BCUT2D eigenvalue weighted by Gasteiger charge is 2.11. The van der Waals surface area contributed by atoms with Crippen molar-refractivity contribution in [3.05, 3.63) is 47.0 Å². The molecular weight excluding hydrogens is 248 g/mol. The Hall–Kier alpha value is -1.87. The Labute approximate surface area is 111 Å². The summed E-state index contributed by atoms with van der Waals surface area (Å²) in [6, 6.07) is 11.3. The summed E-state index contributed by atoms with van der Waals surface area (Å²) in [7, 11) is 0. The molecule has 0 aliphatic carbocycles. The van der Waals surface area contributed by atoms with Gasteiger partial charge in [-0.05, 0) is 36.2 Å². The Balaban J connectivity index is 1.88. The maximum absolute atomic E-state index is 6.08. The number of halogens is 1. The molecule has 0 saturated heterocycles. The number of hydrogen-bond acceptors (Lipinski definition) is 3. The summed E-state index contributed by atoms with van der Waals surface area (Å²) in [5.74, 6) is 1.39. The molecule has 0 amide bonds. The van der Waals surface area contributed by atoms with E-state index in [1.807, 2.05) is 12.1 Å². The predicted octanol–water partition coefficient (Wildman–Crippen LogP) is 3.68. The number of fused-ring (bicyclic) bond motifs is 1. The van der Waals surface area contributed by atoms with Crippen LogP contribution in [0.5, 0.6) is 11.5 Å². The maximum atomic E-state index is 6.08. The molecule has 0 atom stereocenters. The number of nitrogens with two attached hydrogens (primary N) is 1. The van der Waals surface area contributed by atoms with Crippen molar-refractivity contribution in [3.63, 3.8) is 0 Å². The minimum absolute atomic E-state index is 0.517. The largest absolute Gasteiger partial charge is 0.456 e. The van der Waals surface area contributed by atoms with E-state index in [4.69, 9.17) is 22.1 Å². The zero-order valence-corrected chi connectivity index (χ0v) is 10.5. The van der Waals surface area contributed by atoms with E-state index in [2.05, 4.69) is 11.4 Å². The SMILES string of the molecule is Nc1ccc(Oc2ccc3c(c2)NCC3)c(Cl)c1. The minimum atomic E-state index is 0.517. The van der Waals surface area contributed by atoms with Gasteiger partial charge in [-0.3, -0.25) is 0 Å². The van der Waals surface area contributed by atoms with Crippen LogP contribution in [-0.4, -0.2) is 6.54 Å². The van der Waals surface area contributed by atoms with Gasteiger partial charge in [-0.1, -0.05) is 17.7 Å². The van der Waals surface area contributed by atoms with Gasteiger partial charge in [0.15, 0.2) is 0 Å². The Kier molecular flexibility index (Phi) is 2.76. The van der Waals surface area contributed by atoms with Crippen molar-refractivity contribution in [3.8, 4) is 11.5 Å². The number of ether oxygens (including phenoxy) is 1. The molecule has 1 aliphatic heterocycles. The fraction of sp³-hybridized carbons (Fsp3) is 0.143. The van der Waals surface area contributed by atoms with Crippen molar-refractivity contribution < 1.29 is 4.74 Å². The minimum Gasteiger partial charge on any atom is -0.456 e. The smallest absolute Gasteiger partial charge is 0.146 e. The van der Waals surface area contributed by atoms with Crippen LogP contribution in [0.4, 0.5) is 11.4 Å². The van der Waals surface area contributed by atoms with E-state index < -0.39 is 0 Å². The van der Waals surface area contributed by atoms with E-state index in [0.29, 0.717) is 16.5 Å². The molecule has 0 fully saturated rings. The van der Waals surface area contributed by atoms with Crippen molar-refractivity contribution in [2.24, 2.45) is 0 Å². The molecule has 3 nitrogen and oxygen atoms in total. The van der Waals surface area contributed by atoms with Crippen LogP contribution in [0.2, 0.25) is 5.02 Å². The second kappa shape index (κ2) is 4.42. The van der Waals surface area contributed by atoms with Gasteiger partial charge in [-0.2, -0.15) is 0 Å². The Morgan fingerprint density at radius 2 is 2.06 bits per heavy atom. The summed E-state index contributed by atoms with van der Waals surface area (Å²) in [6.45, 7) is 0.988. The number of benzene rings is 2. The third kappa shape index (κ3) is 2.09. The zero-order valence-electron chi connectivity index (χ0n) is 9.74. The van der Waals surface area contributed by atoms with Crippen molar-refractivity contribution in [1.29, 1.82) is 0 Å². The average Bonchev–Trinajstić information content (AvgIpc) is 2.80. The van der Waals surface area contributed by atoms with Crippen molar-refractivity contribution in [2.75, 3.05) is 17.6 Å². The molecule has 3 N–H and O–H groups in total. The first-order chi connectivity index (χ1) is 8.72. The van der Waals surface area contributed by atoms with Crippen molar-refractivity contribution >= 4 is 23.0 Å². The van der Waals surface area contributed by atoms with Gasteiger partial charge in [0.1, 0.15) is 11.5 Å². The van der Waals surface area contributed by atoms with Crippen LogP contribution in [0.1, 0.15) is 5.56 Å².